The lowest BCUT2D eigenvalue weighted by molar-refractivity contribution is 0.102. The SMILES string of the molecule is CC(C)n1cncc1C(=O)c1ccc(Cl)cc1.CC(C)n1cncc1C(O)(c1ccc(Cl)cc1)c1ccc2nc(Cl)cc(-c3cccc(Cl)c3)c2c1.Clc1cccc(-c2cc(Cl)nc3ccc(Br)cc23)c1. The van der Waals surface area contributed by atoms with Gasteiger partial charge in [-0.2, -0.15) is 0 Å². The topological polar surface area (TPSA) is 98.7 Å². The van der Waals surface area contributed by atoms with Gasteiger partial charge in [0.05, 0.1) is 41.8 Å². The van der Waals surface area contributed by atoms with E-state index in [2.05, 4.69) is 49.7 Å². The second-order valence-electron chi connectivity index (χ2n) is 17.0. The minimum atomic E-state index is -1.50. The molecule has 1 N–H and O–H groups in total. The minimum absolute atomic E-state index is 0.0344. The highest BCUT2D eigenvalue weighted by Crippen LogP contribution is 2.41. The first-order valence-electron chi connectivity index (χ1n) is 22.2. The van der Waals surface area contributed by atoms with Crippen LogP contribution in [0, 0.1) is 0 Å². The predicted molar refractivity (Wildman–Crippen MR) is 296 cm³/mol. The highest BCUT2D eigenvalue weighted by atomic mass is 79.9. The summed E-state index contributed by atoms with van der Waals surface area (Å²) >= 11 is 40.3. The van der Waals surface area contributed by atoms with Gasteiger partial charge in [0.1, 0.15) is 16.0 Å². The molecule has 0 bridgehead atoms. The van der Waals surface area contributed by atoms with Gasteiger partial charge in [-0.25, -0.2) is 19.9 Å². The van der Waals surface area contributed by atoms with Crippen LogP contribution in [-0.2, 0) is 5.60 Å². The Bertz CT molecular complexity index is 3530. The van der Waals surface area contributed by atoms with Gasteiger partial charge >= 0.3 is 0 Å². The second-order valence-corrected chi connectivity index (χ2v) is 20.4. The molecule has 0 aliphatic heterocycles. The molecule has 6 aromatic carbocycles. The Labute approximate surface area is 449 Å². The van der Waals surface area contributed by atoms with Gasteiger partial charge in [-0.05, 0) is 164 Å². The normalized spacial score (nSPS) is 12.1. The van der Waals surface area contributed by atoms with Crippen molar-refractivity contribution in [3.63, 3.8) is 0 Å². The van der Waals surface area contributed by atoms with Crippen LogP contribution >= 0.6 is 85.5 Å². The Balaban J connectivity index is 0.000000158. The maximum Gasteiger partial charge on any atom is 0.211 e. The molecular weight excluding hydrogens is 1080 g/mol. The van der Waals surface area contributed by atoms with E-state index in [0.29, 0.717) is 64.0 Å². The van der Waals surface area contributed by atoms with Gasteiger partial charge in [-0.15, -0.1) is 0 Å². The number of nitrogens with zero attached hydrogens (tertiary/aromatic N) is 6. The Hall–Kier alpha value is -5.59. The van der Waals surface area contributed by atoms with Crippen LogP contribution < -0.4 is 0 Å². The summed E-state index contributed by atoms with van der Waals surface area (Å²) in [5.74, 6) is -0.0344. The molecule has 358 valence electrons. The molecule has 0 saturated heterocycles. The minimum Gasteiger partial charge on any atom is -0.374 e. The van der Waals surface area contributed by atoms with E-state index in [1.165, 1.54) is 0 Å². The van der Waals surface area contributed by atoms with Gasteiger partial charge in [-0.1, -0.05) is 128 Å². The molecule has 0 spiro atoms. The zero-order valence-electron chi connectivity index (χ0n) is 38.5. The molecule has 71 heavy (non-hydrogen) atoms. The van der Waals surface area contributed by atoms with Crippen molar-refractivity contribution in [2.24, 2.45) is 0 Å². The lowest BCUT2D eigenvalue weighted by Gasteiger charge is -2.31. The molecule has 10 aromatic rings. The van der Waals surface area contributed by atoms with E-state index in [1.807, 2.05) is 132 Å². The Morgan fingerprint density at radius 3 is 1.59 bits per heavy atom. The highest BCUT2D eigenvalue weighted by molar-refractivity contribution is 9.10. The number of fused-ring (bicyclic) bond motifs is 2. The first kappa shape index (κ1) is 51.8. The zero-order valence-corrected chi connectivity index (χ0v) is 44.6. The van der Waals surface area contributed by atoms with Gasteiger partial charge < -0.3 is 14.2 Å². The lowest BCUT2D eigenvalue weighted by atomic mass is 9.82. The van der Waals surface area contributed by atoms with Gasteiger partial charge in [0.15, 0.2) is 5.60 Å². The fraction of sp³-hybridized carbons (Fsp3) is 0.125. The zero-order chi connectivity index (χ0) is 50.6. The fourth-order valence-electron chi connectivity index (χ4n) is 8.16. The molecular formula is C56H43BrCl6N6O2. The molecule has 0 aliphatic rings. The first-order valence-corrected chi connectivity index (χ1v) is 25.3. The van der Waals surface area contributed by atoms with Crippen LogP contribution in [0.2, 0.25) is 30.4 Å². The molecule has 0 aliphatic carbocycles. The molecule has 1 unspecified atom stereocenters. The molecule has 15 heteroatoms. The maximum atomic E-state index is 12.5. The van der Waals surface area contributed by atoms with Crippen molar-refractivity contribution in [1.29, 1.82) is 0 Å². The molecule has 4 aromatic heterocycles. The summed E-state index contributed by atoms with van der Waals surface area (Å²) < 4.78 is 4.83. The molecule has 0 radical (unpaired) electrons. The Morgan fingerprint density at radius 2 is 1.04 bits per heavy atom. The Kier molecular flexibility index (Phi) is 16.4. The van der Waals surface area contributed by atoms with Crippen molar-refractivity contribution in [3.8, 4) is 22.3 Å². The average molecular weight is 1120 g/mol. The number of halogens is 7. The summed E-state index contributed by atoms with van der Waals surface area (Å²) in [6, 6.07) is 45.0. The van der Waals surface area contributed by atoms with Crippen molar-refractivity contribution >= 4 is 113 Å². The third-order valence-corrected chi connectivity index (χ3v) is 13.5. The van der Waals surface area contributed by atoms with Crippen LogP contribution in [0.5, 0.6) is 0 Å². The van der Waals surface area contributed by atoms with E-state index in [9.17, 15) is 9.90 Å². The van der Waals surface area contributed by atoms with Gasteiger partial charge in [0.25, 0.3) is 0 Å². The summed E-state index contributed by atoms with van der Waals surface area (Å²) in [5, 5.41) is 17.8. The molecule has 8 nitrogen and oxygen atoms in total. The Morgan fingerprint density at radius 1 is 0.549 bits per heavy atom. The number of rotatable bonds is 9. The van der Waals surface area contributed by atoms with Crippen LogP contribution in [0.3, 0.4) is 0 Å². The van der Waals surface area contributed by atoms with Crippen LogP contribution in [0.4, 0.5) is 0 Å². The number of hydrogen-bond acceptors (Lipinski definition) is 6. The summed E-state index contributed by atoms with van der Waals surface area (Å²) in [5.41, 5.74) is 7.14. The number of imidazole rings is 2. The van der Waals surface area contributed by atoms with Crippen LogP contribution in [-0.4, -0.2) is 40.0 Å². The van der Waals surface area contributed by atoms with Crippen LogP contribution in [0.25, 0.3) is 44.1 Å². The number of aliphatic hydroxyl groups is 1. The average Bonchev–Trinajstić information content (AvgIpc) is 4.07. The number of carbonyl (C=O) groups is 1. The van der Waals surface area contributed by atoms with Crippen molar-refractivity contribution < 1.29 is 9.90 Å². The smallest absolute Gasteiger partial charge is 0.211 e. The largest absolute Gasteiger partial charge is 0.374 e. The number of carbonyl (C=O) groups excluding carboxylic acids is 1. The maximum absolute atomic E-state index is 12.5. The van der Waals surface area contributed by atoms with E-state index >= 15 is 0 Å². The number of aromatic nitrogens is 6. The van der Waals surface area contributed by atoms with E-state index in [1.54, 1.807) is 61.4 Å². The standard InChI is InChI=1S/C28H22Cl3N3O.C15H8BrCl2N.C13H13ClN2O/c1-17(2)34-16-32-15-26(34)28(35,19-6-9-21(29)10-7-19)20-8-11-25-24(13-20)23(14-27(31)33-25)18-4-3-5-22(30)12-18;16-10-4-5-14-13(7-10)12(8-15(18)19-14)9-2-1-3-11(17)6-9;1-9(2)16-8-15-7-12(16)13(17)10-3-5-11(14)6-4-10/h3-17,35H,1-2H3;1-8H;3-9H,1-2H3. The number of hydrogen-bond donors (Lipinski definition) is 1. The van der Waals surface area contributed by atoms with Crippen molar-refractivity contribution in [3.05, 3.63) is 234 Å². The molecule has 0 amide bonds. The van der Waals surface area contributed by atoms with Gasteiger partial charge in [-0.3, -0.25) is 4.79 Å². The second kappa shape index (κ2) is 22.4. The van der Waals surface area contributed by atoms with E-state index < -0.39 is 5.60 Å². The lowest BCUT2D eigenvalue weighted by Crippen LogP contribution is -2.32. The van der Waals surface area contributed by atoms with Gasteiger partial charge in [0.2, 0.25) is 5.78 Å². The predicted octanol–water partition coefficient (Wildman–Crippen LogP) is 17.2. The highest BCUT2D eigenvalue weighted by Gasteiger charge is 2.38. The third kappa shape index (κ3) is 11.7. The molecule has 0 fully saturated rings. The third-order valence-electron chi connectivity index (χ3n) is 11.6. The van der Waals surface area contributed by atoms with Crippen molar-refractivity contribution in [1.82, 2.24) is 29.1 Å². The summed E-state index contributed by atoms with van der Waals surface area (Å²) in [4.78, 5) is 29.5. The number of pyridine rings is 2. The first-order chi connectivity index (χ1) is 34.0. The van der Waals surface area contributed by atoms with Crippen LogP contribution in [0.15, 0.2) is 175 Å². The van der Waals surface area contributed by atoms with E-state index in [4.69, 9.17) is 69.6 Å². The number of ketones is 1. The summed E-state index contributed by atoms with van der Waals surface area (Å²) in [6.07, 6.45) is 6.71. The molecule has 10 rings (SSSR count). The summed E-state index contributed by atoms with van der Waals surface area (Å²) in [6.45, 7) is 8.13. The van der Waals surface area contributed by atoms with E-state index in [0.717, 1.165) is 43.0 Å². The summed E-state index contributed by atoms with van der Waals surface area (Å²) in [7, 11) is 0. The fourth-order valence-corrected chi connectivity index (χ4v) is 9.56. The van der Waals surface area contributed by atoms with Gasteiger partial charge in [0, 0.05) is 53.0 Å². The molecule has 4 heterocycles. The molecule has 0 saturated carbocycles. The number of benzene rings is 6. The van der Waals surface area contributed by atoms with Crippen molar-refractivity contribution in [2.75, 3.05) is 0 Å². The monoisotopic (exact) mass is 1120 g/mol. The molecule has 1 atom stereocenters. The van der Waals surface area contributed by atoms with Crippen LogP contribution in [0.1, 0.15) is 72.7 Å². The quantitative estimate of drug-likeness (QED) is 0.114. The van der Waals surface area contributed by atoms with Crippen molar-refractivity contribution in [2.45, 2.75) is 45.4 Å². The van der Waals surface area contributed by atoms with E-state index in [-0.39, 0.29) is 17.9 Å².